The molecule has 0 bridgehead atoms. The summed E-state index contributed by atoms with van der Waals surface area (Å²) in [4.78, 5) is 16.1. The van der Waals surface area contributed by atoms with Crippen molar-refractivity contribution in [2.24, 2.45) is 0 Å². The maximum atomic E-state index is 12.0. The molecule has 2 rings (SSSR count). The van der Waals surface area contributed by atoms with Gasteiger partial charge < -0.3 is 19.8 Å². The molecule has 2 heterocycles. The molecule has 0 spiro atoms. The summed E-state index contributed by atoms with van der Waals surface area (Å²) in [5.41, 5.74) is 0.691. The molecule has 0 aliphatic carbocycles. The summed E-state index contributed by atoms with van der Waals surface area (Å²) in [6.07, 6.45) is 1.98. The molecule has 2 N–H and O–H groups in total. The summed E-state index contributed by atoms with van der Waals surface area (Å²) in [5.74, 6) is 0.00117. The van der Waals surface area contributed by atoms with Gasteiger partial charge in [-0.15, -0.1) is 11.3 Å². The molecule has 1 fully saturated rings. The van der Waals surface area contributed by atoms with Gasteiger partial charge >= 0.3 is 0 Å². The van der Waals surface area contributed by atoms with Gasteiger partial charge in [-0.3, -0.25) is 4.79 Å². The first-order chi connectivity index (χ1) is 9.54. The molecule has 1 aromatic rings. The number of amides is 1. The minimum Gasteiger partial charge on any atom is -0.381 e. The molecule has 1 amide bonds. The standard InChI is InChI=1S/C13H20N2O3S2/c1-9-10(20-12(19)15-9)7-11(16)14-8-13(17-2)3-5-18-6-4-13/h3-8H2,1-2H3,(H,14,16)(H,15,19). The van der Waals surface area contributed by atoms with Gasteiger partial charge in [0.2, 0.25) is 5.91 Å². The fourth-order valence-electron chi connectivity index (χ4n) is 2.27. The number of aryl methyl sites for hydroxylation is 1. The van der Waals surface area contributed by atoms with E-state index in [0.29, 0.717) is 30.1 Å². The summed E-state index contributed by atoms with van der Waals surface area (Å²) < 4.78 is 11.6. The van der Waals surface area contributed by atoms with Crippen molar-refractivity contribution in [3.63, 3.8) is 0 Å². The zero-order valence-corrected chi connectivity index (χ0v) is 13.4. The highest BCUT2D eigenvalue weighted by atomic mass is 32.1. The van der Waals surface area contributed by atoms with Crippen molar-refractivity contribution in [3.05, 3.63) is 14.5 Å². The molecule has 1 saturated heterocycles. The van der Waals surface area contributed by atoms with E-state index < -0.39 is 0 Å². The van der Waals surface area contributed by atoms with Crippen LogP contribution in [0.1, 0.15) is 23.4 Å². The van der Waals surface area contributed by atoms with Crippen LogP contribution in [0.15, 0.2) is 0 Å². The fourth-order valence-corrected chi connectivity index (χ4v) is 3.56. The normalized spacial score (nSPS) is 17.9. The minimum atomic E-state index is -0.284. The van der Waals surface area contributed by atoms with E-state index in [9.17, 15) is 4.79 Å². The molecule has 1 aromatic heterocycles. The quantitative estimate of drug-likeness (QED) is 0.815. The number of H-pyrrole nitrogens is 1. The molecule has 5 nitrogen and oxygen atoms in total. The number of nitrogens with one attached hydrogen (secondary N) is 2. The van der Waals surface area contributed by atoms with E-state index in [2.05, 4.69) is 10.3 Å². The van der Waals surface area contributed by atoms with Crippen LogP contribution in [0.4, 0.5) is 0 Å². The number of carbonyl (C=O) groups excluding carboxylic acids is 1. The number of rotatable bonds is 5. The summed E-state index contributed by atoms with van der Waals surface area (Å²) >= 11 is 6.53. The van der Waals surface area contributed by atoms with Crippen molar-refractivity contribution in [2.75, 3.05) is 26.9 Å². The van der Waals surface area contributed by atoms with Crippen LogP contribution in [0.2, 0.25) is 0 Å². The molecule has 0 atom stereocenters. The third-order valence-electron chi connectivity index (χ3n) is 3.69. The fraction of sp³-hybridized carbons (Fsp3) is 0.692. The van der Waals surface area contributed by atoms with Crippen LogP contribution < -0.4 is 5.32 Å². The number of hydrogen-bond donors (Lipinski definition) is 2. The Labute approximate surface area is 127 Å². The smallest absolute Gasteiger partial charge is 0.225 e. The lowest BCUT2D eigenvalue weighted by atomic mass is 9.94. The first-order valence-electron chi connectivity index (χ1n) is 6.63. The number of hydrogen-bond acceptors (Lipinski definition) is 5. The second-order valence-electron chi connectivity index (χ2n) is 5.02. The lowest BCUT2D eigenvalue weighted by Crippen LogP contribution is -2.48. The minimum absolute atomic E-state index is 0.00117. The van der Waals surface area contributed by atoms with Crippen molar-refractivity contribution in [2.45, 2.75) is 31.8 Å². The Morgan fingerprint density at radius 2 is 2.25 bits per heavy atom. The third-order valence-corrected chi connectivity index (χ3v) is 5.03. The maximum absolute atomic E-state index is 12.0. The number of aromatic amines is 1. The predicted molar refractivity (Wildman–Crippen MR) is 80.7 cm³/mol. The molecule has 0 unspecified atom stereocenters. The number of thiazole rings is 1. The molecule has 1 aliphatic heterocycles. The van der Waals surface area contributed by atoms with Crippen molar-refractivity contribution in [3.8, 4) is 0 Å². The third kappa shape index (κ3) is 3.88. The first kappa shape index (κ1) is 15.6. The molecule has 0 aromatic carbocycles. The van der Waals surface area contributed by atoms with Crippen LogP contribution in [0.25, 0.3) is 0 Å². The van der Waals surface area contributed by atoms with Gasteiger partial charge in [0.05, 0.1) is 12.0 Å². The summed E-state index contributed by atoms with van der Waals surface area (Å²) in [6.45, 7) is 3.83. The molecule has 1 aliphatic rings. The Balaban J connectivity index is 1.88. The summed E-state index contributed by atoms with van der Waals surface area (Å²) in [5, 5.41) is 2.97. The average Bonchev–Trinajstić information content (AvgIpc) is 2.76. The topological polar surface area (TPSA) is 63.3 Å². The van der Waals surface area contributed by atoms with E-state index in [1.54, 1.807) is 7.11 Å². The Hall–Kier alpha value is -0.760. The summed E-state index contributed by atoms with van der Waals surface area (Å²) in [6, 6.07) is 0. The Kier molecular flexibility index (Phi) is 5.31. The van der Waals surface area contributed by atoms with Gasteiger partial charge in [0.25, 0.3) is 0 Å². The highest BCUT2D eigenvalue weighted by Gasteiger charge is 2.32. The van der Waals surface area contributed by atoms with Gasteiger partial charge in [-0.05, 0) is 19.1 Å². The van der Waals surface area contributed by atoms with Crippen LogP contribution >= 0.6 is 23.6 Å². The second kappa shape index (κ2) is 6.80. The Morgan fingerprint density at radius 3 is 2.80 bits per heavy atom. The van der Waals surface area contributed by atoms with E-state index in [-0.39, 0.29) is 11.5 Å². The Bertz CT molecular complexity index is 518. The van der Waals surface area contributed by atoms with Crippen molar-refractivity contribution < 1.29 is 14.3 Å². The van der Waals surface area contributed by atoms with Gasteiger partial charge in [-0.2, -0.15) is 0 Å². The van der Waals surface area contributed by atoms with Crippen molar-refractivity contribution in [1.29, 1.82) is 0 Å². The highest BCUT2D eigenvalue weighted by Crippen LogP contribution is 2.23. The first-order valence-corrected chi connectivity index (χ1v) is 7.85. The monoisotopic (exact) mass is 316 g/mol. The van der Waals surface area contributed by atoms with E-state index in [1.807, 2.05) is 6.92 Å². The number of methoxy groups -OCH3 is 1. The lowest BCUT2D eigenvalue weighted by Gasteiger charge is -2.35. The molecule has 20 heavy (non-hydrogen) atoms. The molecular formula is C13H20N2O3S2. The van der Waals surface area contributed by atoms with Gasteiger partial charge in [0, 0.05) is 50.3 Å². The lowest BCUT2D eigenvalue weighted by molar-refractivity contribution is -0.125. The van der Waals surface area contributed by atoms with Crippen molar-refractivity contribution in [1.82, 2.24) is 10.3 Å². The average molecular weight is 316 g/mol. The van der Waals surface area contributed by atoms with E-state index in [4.69, 9.17) is 21.7 Å². The number of carbonyl (C=O) groups is 1. The highest BCUT2D eigenvalue weighted by molar-refractivity contribution is 7.73. The molecule has 7 heteroatoms. The number of ether oxygens (including phenoxy) is 2. The maximum Gasteiger partial charge on any atom is 0.225 e. The molecule has 0 radical (unpaired) electrons. The van der Waals surface area contributed by atoms with Crippen LogP contribution in [0.5, 0.6) is 0 Å². The van der Waals surface area contributed by atoms with Gasteiger partial charge in [-0.1, -0.05) is 0 Å². The van der Waals surface area contributed by atoms with E-state index in [0.717, 1.165) is 23.4 Å². The van der Waals surface area contributed by atoms with Crippen LogP contribution in [0.3, 0.4) is 0 Å². The zero-order chi connectivity index (χ0) is 14.6. The van der Waals surface area contributed by atoms with Crippen LogP contribution in [-0.4, -0.2) is 43.4 Å². The molecular weight excluding hydrogens is 296 g/mol. The largest absolute Gasteiger partial charge is 0.381 e. The molecule has 0 saturated carbocycles. The van der Waals surface area contributed by atoms with E-state index in [1.165, 1.54) is 11.3 Å². The van der Waals surface area contributed by atoms with Crippen molar-refractivity contribution >= 4 is 29.5 Å². The SMILES string of the molecule is COC1(CNC(=O)Cc2sc(=S)[nH]c2C)CCOCC1. The van der Waals surface area contributed by atoms with Crippen LogP contribution in [0, 0.1) is 10.9 Å². The molecule has 112 valence electrons. The van der Waals surface area contributed by atoms with Gasteiger partial charge in [0.1, 0.15) is 0 Å². The second-order valence-corrected chi connectivity index (χ2v) is 6.79. The van der Waals surface area contributed by atoms with E-state index >= 15 is 0 Å². The van der Waals surface area contributed by atoms with Gasteiger partial charge in [0.15, 0.2) is 3.95 Å². The summed E-state index contributed by atoms with van der Waals surface area (Å²) in [7, 11) is 1.69. The zero-order valence-electron chi connectivity index (χ0n) is 11.8. The van der Waals surface area contributed by atoms with Gasteiger partial charge in [-0.25, -0.2) is 0 Å². The predicted octanol–water partition coefficient (Wildman–Crippen LogP) is 1.97. The number of aromatic nitrogens is 1. The Morgan fingerprint density at radius 1 is 1.55 bits per heavy atom. The van der Waals surface area contributed by atoms with Crippen LogP contribution in [-0.2, 0) is 20.7 Å².